The van der Waals surface area contributed by atoms with Crippen molar-refractivity contribution < 1.29 is 3.08 Å². The van der Waals surface area contributed by atoms with Crippen molar-refractivity contribution in [2.24, 2.45) is 0 Å². The molecule has 3 radical (unpaired) electrons. The molecule has 0 N–H and O–H groups in total. The molecule has 0 rings (SSSR count). The molecule has 0 bridgehead atoms. The molecule has 25 valence electrons. The summed E-state index contributed by atoms with van der Waals surface area (Å²) in [7, 11) is 0. The Labute approximate surface area is 66.1 Å². The van der Waals surface area contributed by atoms with Crippen LogP contribution < -0.4 is 0 Å². The van der Waals surface area contributed by atoms with Gasteiger partial charge in [0.15, 0.2) is 0 Å². The van der Waals surface area contributed by atoms with Gasteiger partial charge in [-0.15, -0.1) is 0 Å². The normalized spacial score (nSPS) is 1.00. The molecule has 0 aliphatic carbocycles. The van der Waals surface area contributed by atoms with Crippen LogP contribution in [0.25, 0.3) is 0 Å². The predicted octanol–water partition coefficient (Wildman–Crippen LogP) is -2.60. The first-order chi connectivity index (χ1) is 1.00. The first kappa shape index (κ1) is 16.8. The summed E-state index contributed by atoms with van der Waals surface area (Å²) < 4.78 is 8.38. The van der Waals surface area contributed by atoms with Gasteiger partial charge in [-0.1, -0.05) is 0 Å². The van der Waals surface area contributed by atoms with Crippen LogP contribution in [0.4, 0.5) is 0 Å². The van der Waals surface area contributed by atoms with Crippen molar-refractivity contribution in [3.63, 3.8) is 0 Å². The Bertz CT molecular complexity index is 8.00. The Morgan fingerprint density at radius 3 is 1.25 bits per heavy atom. The number of rotatable bonds is 0. The molecule has 4 heavy (non-hydrogen) atoms. The van der Waals surface area contributed by atoms with E-state index in [1.807, 2.05) is 0 Å². The van der Waals surface area contributed by atoms with Gasteiger partial charge in [0.05, 0.1) is 0 Å². The van der Waals surface area contributed by atoms with Crippen molar-refractivity contribution in [3.8, 4) is 0 Å². The van der Waals surface area contributed by atoms with Gasteiger partial charge in [0.2, 0.25) is 0 Å². The first-order valence-corrected chi connectivity index (χ1v) is 1.58. The van der Waals surface area contributed by atoms with Crippen LogP contribution in [0, 0.1) is 0 Å². The minimum absolute atomic E-state index is 0. The Balaban J connectivity index is -0.00000000500. The van der Waals surface area contributed by atoms with Crippen molar-refractivity contribution in [2.75, 3.05) is 0 Å². The van der Waals surface area contributed by atoms with Crippen LogP contribution >= 0.6 is 0 Å². The van der Waals surface area contributed by atoms with Crippen molar-refractivity contribution in [1.82, 2.24) is 0 Å². The SMILES string of the molecule is [GeH4].[O]=[SnH].[Te]. The Morgan fingerprint density at radius 2 is 1.25 bits per heavy atom. The first-order valence-electron chi connectivity index (χ1n) is 0.236. The monoisotopic (exact) mass is 345 g/mol. The van der Waals surface area contributed by atoms with E-state index < -0.39 is 0 Å². The van der Waals surface area contributed by atoms with E-state index in [1.165, 1.54) is 0 Å². The topological polar surface area (TPSA) is 17.1 Å². The maximum Gasteiger partial charge on any atom is 0 e. The van der Waals surface area contributed by atoms with Gasteiger partial charge in [0.25, 0.3) is 0 Å². The molecule has 0 spiro atoms. The average molecular weight is 340 g/mol. The maximum atomic E-state index is 8.38. The minimum atomic E-state index is 0. The fourth-order valence-corrected chi connectivity index (χ4v) is 0. The zero-order valence-electron chi connectivity index (χ0n) is 1.39. The van der Waals surface area contributed by atoms with E-state index >= 15 is 0 Å². The Morgan fingerprint density at radius 1 is 1.25 bits per heavy atom. The molecule has 0 heterocycles. The number of hydrogen-bond acceptors (Lipinski definition) is 1. The summed E-state index contributed by atoms with van der Waals surface area (Å²) in [6.07, 6.45) is 0. The molecule has 0 saturated carbocycles. The van der Waals surface area contributed by atoms with E-state index in [4.69, 9.17) is 3.08 Å². The molecule has 4 heteroatoms. The molecule has 0 aromatic heterocycles. The second kappa shape index (κ2) is 20.4. The van der Waals surface area contributed by atoms with E-state index in [2.05, 4.69) is 0 Å². The molecule has 0 aromatic rings. The van der Waals surface area contributed by atoms with Gasteiger partial charge >= 0.3 is 43.2 Å². The zero-order valence-corrected chi connectivity index (χ0v) is 7.02. The van der Waals surface area contributed by atoms with E-state index in [0.29, 0.717) is 0 Å². The maximum absolute atomic E-state index is 8.38. The van der Waals surface area contributed by atoms with Gasteiger partial charge in [0.1, 0.15) is 0 Å². The standard InChI is InChI=1S/GeH4.O.Sn.Te.H/h1H4;;;;. The summed E-state index contributed by atoms with van der Waals surface area (Å²) >= 11 is 0.100. The molecule has 0 fully saturated rings. The van der Waals surface area contributed by atoms with E-state index in [0.717, 1.165) is 0 Å². The average Bonchev–Trinajstić information content (AvgIpc) is 1.00. The second-order valence-corrected chi connectivity index (χ2v) is 0. The van der Waals surface area contributed by atoms with Crippen LogP contribution in [-0.4, -0.2) is 63.8 Å². The van der Waals surface area contributed by atoms with Crippen LogP contribution in [-0.2, 0) is 3.08 Å². The third kappa shape index (κ3) is 9.06. The summed E-state index contributed by atoms with van der Waals surface area (Å²) in [6.45, 7) is 0. The van der Waals surface area contributed by atoms with Gasteiger partial charge in [-0.05, 0) is 0 Å². The summed E-state index contributed by atoms with van der Waals surface area (Å²) in [6, 6.07) is 0. The quantitative estimate of drug-likeness (QED) is 0.442. The van der Waals surface area contributed by atoms with E-state index in [9.17, 15) is 0 Å². The van der Waals surface area contributed by atoms with Crippen molar-refractivity contribution in [3.05, 3.63) is 0 Å². The molecule has 0 aliphatic rings. The number of hydrogen-bond donors (Lipinski definition) is 0. The smallest absolute Gasteiger partial charge is 0 e. The van der Waals surface area contributed by atoms with Crippen molar-refractivity contribution in [2.45, 2.75) is 0 Å². The largest absolute Gasteiger partial charge is 0 e. The Kier molecular flexibility index (Phi) is 85.8. The molecular formula is H5GeOSnTe. The molecular weight excluding hydrogens is 335 g/mol. The molecule has 0 saturated heterocycles. The minimum Gasteiger partial charge on any atom is 0 e. The zero-order chi connectivity index (χ0) is 2.00. The Hall–Kier alpha value is 1.93. The fraction of sp³-hybridized carbons (Fsp3) is 0. The molecule has 0 unspecified atom stereocenters. The summed E-state index contributed by atoms with van der Waals surface area (Å²) in [4.78, 5) is 0. The summed E-state index contributed by atoms with van der Waals surface area (Å²) in [5.41, 5.74) is 0. The van der Waals surface area contributed by atoms with Crippen LogP contribution in [0.3, 0.4) is 0 Å². The van der Waals surface area contributed by atoms with Crippen molar-refractivity contribution in [1.29, 1.82) is 0 Å². The van der Waals surface area contributed by atoms with Crippen molar-refractivity contribution >= 4 is 63.8 Å². The molecule has 0 amide bonds. The molecule has 1 nitrogen and oxygen atoms in total. The summed E-state index contributed by atoms with van der Waals surface area (Å²) in [5.74, 6) is 0. The van der Waals surface area contributed by atoms with Gasteiger partial charge in [-0.25, -0.2) is 0 Å². The third-order valence-electron chi connectivity index (χ3n) is 0. The molecule has 0 aliphatic heterocycles. The molecule has 0 aromatic carbocycles. The van der Waals surface area contributed by atoms with Gasteiger partial charge < -0.3 is 0 Å². The van der Waals surface area contributed by atoms with Crippen LogP contribution in [0.5, 0.6) is 0 Å². The van der Waals surface area contributed by atoms with Crippen LogP contribution in [0.15, 0.2) is 0 Å². The molecule has 0 atom stereocenters. The van der Waals surface area contributed by atoms with E-state index in [1.54, 1.807) is 0 Å². The second-order valence-electron chi connectivity index (χ2n) is 0. The fourth-order valence-electron chi connectivity index (χ4n) is 0. The predicted molar refractivity (Wildman–Crippen MR) is 24.9 cm³/mol. The van der Waals surface area contributed by atoms with Gasteiger partial charge in [-0.3, -0.25) is 0 Å². The van der Waals surface area contributed by atoms with Crippen LogP contribution in [0.2, 0.25) is 0 Å². The van der Waals surface area contributed by atoms with Crippen LogP contribution in [0.1, 0.15) is 0 Å². The van der Waals surface area contributed by atoms with E-state index in [-0.39, 0.29) is 63.8 Å². The van der Waals surface area contributed by atoms with Gasteiger partial charge in [-0.2, -0.15) is 0 Å². The van der Waals surface area contributed by atoms with Gasteiger partial charge in [0, 0.05) is 23.7 Å². The third-order valence-corrected chi connectivity index (χ3v) is 0. The summed E-state index contributed by atoms with van der Waals surface area (Å²) in [5, 5.41) is 0.